The van der Waals surface area contributed by atoms with Crippen LogP contribution in [0.5, 0.6) is 0 Å². The third kappa shape index (κ3) is 3.25. The zero-order valence-corrected chi connectivity index (χ0v) is 15.4. The molecule has 1 aromatic rings. The lowest BCUT2D eigenvalue weighted by Gasteiger charge is -2.46. The molecule has 0 radical (unpaired) electrons. The molecule has 2 bridgehead atoms. The Morgan fingerprint density at radius 1 is 1.25 bits per heavy atom. The first-order valence-electron chi connectivity index (χ1n) is 8.53. The van der Waals surface area contributed by atoms with Gasteiger partial charge in [-0.15, -0.1) is 0 Å². The van der Waals surface area contributed by atoms with Crippen molar-refractivity contribution in [2.75, 3.05) is 6.61 Å². The minimum absolute atomic E-state index is 0.177. The van der Waals surface area contributed by atoms with E-state index in [-0.39, 0.29) is 29.9 Å². The van der Waals surface area contributed by atoms with E-state index in [9.17, 15) is 9.59 Å². The number of hydrogen-bond donors (Lipinski definition) is 0. The summed E-state index contributed by atoms with van der Waals surface area (Å²) >= 11 is 0. The Bertz CT molecular complexity index is 615. The van der Waals surface area contributed by atoms with Gasteiger partial charge in [-0.05, 0) is 31.6 Å². The van der Waals surface area contributed by atoms with Crippen LogP contribution in [0, 0.1) is 11.8 Å². The second-order valence-electron chi connectivity index (χ2n) is 6.94. The Morgan fingerprint density at radius 3 is 2.58 bits per heavy atom. The van der Waals surface area contributed by atoms with Gasteiger partial charge < -0.3 is 13.9 Å². The van der Waals surface area contributed by atoms with Gasteiger partial charge in [-0.25, -0.2) is 0 Å². The number of ether oxygens (including phenoxy) is 2. The average molecular weight is 348 g/mol. The molecule has 0 spiro atoms. The monoisotopic (exact) mass is 348 g/mol. The zero-order chi connectivity index (χ0) is 17.3. The first kappa shape index (κ1) is 17.2. The molecule has 24 heavy (non-hydrogen) atoms. The fraction of sp³-hybridized carbons (Fsp3) is 0.556. The summed E-state index contributed by atoms with van der Waals surface area (Å²) in [5.41, 5.74) is 0. The third-order valence-electron chi connectivity index (χ3n) is 4.94. The molecular weight excluding hydrogens is 324 g/mol. The number of carbonyl (C=O) groups is 2. The second-order valence-corrected chi connectivity index (χ2v) is 10.8. The zero-order valence-electron chi connectivity index (χ0n) is 14.4. The Kier molecular flexibility index (Phi) is 4.78. The van der Waals surface area contributed by atoms with Gasteiger partial charge in [0.2, 0.25) is 8.32 Å². The molecule has 0 N–H and O–H groups in total. The molecular formula is C18H24O5Si. The van der Waals surface area contributed by atoms with Gasteiger partial charge in [0.15, 0.2) is 0 Å². The average Bonchev–Trinajstić information content (AvgIpc) is 2.55. The van der Waals surface area contributed by atoms with E-state index in [1.165, 1.54) is 5.19 Å². The van der Waals surface area contributed by atoms with Gasteiger partial charge >= 0.3 is 11.9 Å². The molecule has 1 aromatic carbocycles. The highest BCUT2D eigenvalue weighted by atomic mass is 28.4. The first-order valence-corrected chi connectivity index (χ1v) is 11.4. The van der Waals surface area contributed by atoms with Crippen LogP contribution >= 0.6 is 0 Å². The Hall–Kier alpha value is -1.66. The minimum atomic E-state index is -2.12. The molecule has 3 aliphatic rings. The summed E-state index contributed by atoms with van der Waals surface area (Å²) in [6.45, 7) is 6.40. The summed E-state index contributed by atoms with van der Waals surface area (Å²) in [4.78, 5) is 24.2. The summed E-state index contributed by atoms with van der Waals surface area (Å²) < 4.78 is 17.0. The second kappa shape index (κ2) is 6.68. The summed E-state index contributed by atoms with van der Waals surface area (Å²) in [6, 6.07) is 10.1. The van der Waals surface area contributed by atoms with Crippen molar-refractivity contribution in [1.29, 1.82) is 0 Å². The van der Waals surface area contributed by atoms with E-state index in [0.717, 1.165) is 0 Å². The highest BCUT2D eigenvalue weighted by Gasteiger charge is 2.53. The molecule has 4 rings (SSSR count). The SMILES string of the molecule is CCOC(=O)[C@@H]1C[C@H]2C(=O)O[C@@H]1C[C@H]2O[Si](C)(C)c1ccccc1. The van der Waals surface area contributed by atoms with Gasteiger partial charge in [-0.3, -0.25) is 9.59 Å². The fourth-order valence-corrected chi connectivity index (χ4v) is 5.81. The molecule has 0 amide bonds. The van der Waals surface area contributed by atoms with Crippen LogP contribution in [0.4, 0.5) is 0 Å². The lowest BCUT2D eigenvalue weighted by Crippen LogP contribution is -2.58. The van der Waals surface area contributed by atoms with E-state index in [2.05, 4.69) is 25.2 Å². The lowest BCUT2D eigenvalue weighted by atomic mass is 9.75. The quantitative estimate of drug-likeness (QED) is 0.602. The molecule has 0 unspecified atom stereocenters. The normalized spacial score (nSPS) is 29.2. The molecule has 2 saturated heterocycles. The van der Waals surface area contributed by atoms with Crippen molar-refractivity contribution in [3.05, 3.63) is 30.3 Å². The van der Waals surface area contributed by atoms with Crippen LogP contribution in [-0.4, -0.2) is 39.1 Å². The van der Waals surface area contributed by atoms with Crippen molar-refractivity contribution in [2.45, 2.75) is 45.1 Å². The van der Waals surface area contributed by atoms with Gasteiger partial charge in [-0.1, -0.05) is 30.3 Å². The molecule has 0 aromatic heterocycles. The van der Waals surface area contributed by atoms with Gasteiger partial charge in [0.05, 0.1) is 24.5 Å². The van der Waals surface area contributed by atoms with Crippen LogP contribution in [0.3, 0.4) is 0 Å². The van der Waals surface area contributed by atoms with Crippen molar-refractivity contribution < 1.29 is 23.5 Å². The maximum absolute atomic E-state index is 12.2. The van der Waals surface area contributed by atoms with E-state index >= 15 is 0 Å². The van der Waals surface area contributed by atoms with Crippen molar-refractivity contribution in [2.24, 2.45) is 11.8 Å². The summed E-state index contributed by atoms with van der Waals surface area (Å²) in [5, 5.41) is 1.20. The topological polar surface area (TPSA) is 61.8 Å². The largest absolute Gasteiger partial charge is 0.466 e. The van der Waals surface area contributed by atoms with Gasteiger partial charge in [-0.2, -0.15) is 0 Å². The number of rotatable bonds is 5. The molecule has 2 heterocycles. The van der Waals surface area contributed by atoms with E-state index in [1.54, 1.807) is 6.92 Å². The van der Waals surface area contributed by atoms with Crippen molar-refractivity contribution >= 4 is 25.4 Å². The lowest BCUT2D eigenvalue weighted by molar-refractivity contribution is -0.194. The van der Waals surface area contributed by atoms with Crippen LogP contribution in [0.2, 0.25) is 13.1 Å². The van der Waals surface area contributed by atoms with E-state index < -0.39 is 14.4 Å². The summed E-state index contributed by atoms with van der Waals surface area (Å²) in [7, 11) is -2.12. The Balaban J connectivity index is 1.73. The van der Waals surface area contributed by atoms with Crippen LogP contribution in [0.15, 0.2) is 30.3 Å². The first-order chi connectivity index (χ1) is 11.4. The molecule has 1 aliphatic carbocycles. The van der Waals surface area contributed by atoms with Crippen LogP contribution in [0.1, 0.15) is 19.8 Å². The third-order valence-corrected chi connectivity index (χ3v) is 7.56. The standard InChI is InChI=1S/C18H24O5Si/c1-4-21-17(19)13-10-14-16(11-15(13)22-18(14)20)23-24(2,3)12-8-6-5-7-9-12/h5-9,13-16H,4,10-11H2,1-3H3/t13-,14-,15-,16-/m1/s1. The molecule has 6 heteroatoms. The molecule has 2 aliphatic heterocycles. The molecule has 1 saturated carbocycles. The number of benzene rings is 1. The predicted molar refractivity (Wildman–Crippen MR) is 91.2 cm³/mol. The van der Waals surface area contributed by atoms with Crippen LogP contribution in [0.25, 0.3) is 0 Å². The number of fused-ring (bicyclic) bond motifs is 3. The molecule has 130 valence electrons. The number of esters is 2. The molecule has 3 fully saturated rings. The number of carbonyl (C=O) groups excluding carboxylic acids is 2. The molecule has 4 atom stereocenters. The van der Waals surface area contributed by atoms with E-state index in [1.807, 2.05) is 18.2 Å². The maximum atomic E-state index is 12.2. The maximum Gasteiger partial charge on any atom is 0.312 e. The summed E-state index contributed by atoms with van der Waals surface area (Å²) in [6.07, 6.45) is 0.436. The van der Waals surface area contributed by atoms with Crippen molar-refractivity contribution in [3.63, 3.8) is 0 Å². The fourth-order valence-electron chi connectivity index (χ4n) is 3.66. The highest BCUT2D eigenvalue weighted by molar-refractivity contribution is 6.84. The van der Waals surface area contributed by atoms with Crippen LogP contribution in [-0.2, 0) is 23.5 Å². The Labute approximate surface area is 143 Å². The smallest absolute Gasteiger partial charge is 0.312 e. The van der Waals surface area contributed by atoms with E-state index in [4.69, 9.17) is 13.9 Å². The predicted octanol–water partition coefficient (Wildman–Crippen LogP) is 2.00. The van der Waals surface area contributed by atoms with Crippen LogP contribution < -0.4 is 5.19 Å². The Morgan fingerprint density at radius 2 is 1.96 bits per heavy atom. The van der Waals surface area contributed by atoms with Gasteiger partial charge in [0, 0.05) is 6.42 Å². The highest BCUT2D eigenvalue weighted by Crippen LogP contribution is 2.41. The summed E-state index contributed by atoms with van der Waals surface area (Å²) in [5.74, 6) is -1.23. The number of hydrogen-bond acceptors (Lipinski definition) is 5. The molecule has 5 nitrogen and oxygen atoms in total. The van der Waals surface area contributed by atoms with Gasteiger partial charge in [0.1, 0.15) is 6.10 Å². The minimum Gasteiger partial charge on any atom is -0.466 e. The van der Waals surface area contributed by atoms with Gasteiger partial charge in [0.25, 0.3) is 0 Å². The van der Waals surface area contributed by atoms with E-state index in [0.29, 0.717) is 19.4 Å². The van der Waals surface area contributed by atoms with Crippen molar-refractivity contribution in [3.8, 4) is 0 Å². The van der Waals surface area contributed by atoms with Crippen molar-refractivity contribution in [1.82, 2.24) is 0 Å².